The Morgan fingerprint density at radius 2 is 2.23 bits per heavy atom. The smallest absolute Gasteiger partial charge is 0.0914 e. The highest BCUT2D eigenvalue weighted by molar-refractivity contribution is 5.80. The van der Waals surface area contributed by atoms with Crippen LogP contribution in [0, 0.1) is 6.07 Å². The monoisotopic (exact) mass is 171 g/mol. The van der Waals surface area contributed by atoms with E-state index in [-0.39, 0.29) is 0 Å². The maximum Gasteiger partial charge on any atom is 0.0914 e. The minimum Gasteiger partial charge on any atom is -0.357 e. The van der Waals surface area contributed by atoms with Gasteiger partial charge in [0.25, 0.3) is 0 Å². The predicted octanol–water partition coefficient (Wildman–Crippen LogP) is 2.24. The molecule has 3 rings (SSSR count). The fraction of sp³-hybridized carbons (Fsp3) is 0.364. The van der Waals surface area contributed by atoms with Crippen LogP contribution in [-0.2, 0) is 12.8 Å². The van der Waals surface area contributed by atoms with Gasteiger partial charge in [-0.1, -0.05) is 0 Å². The van der Waals surface area contributed by atoms with E-state index in [0.717, 1.165) is 11.0 Å². The zero-order valence-electron chi connectivity index (χ0n) is 7.43. The summed E-state index contributed by atoms with van der Waals surface area (Å²) >= 11 is 0. The highest BCUT2D eigenvalue weighted by atomic mass is 14.8. The number of aromatic nitrogens is 2. The first-order valence-corrected chi connectivity index (χ1v) is 4.80. The Morgan fingerprint density at radius 1 is 1.31 bits per heavy atom. The zero-order valence-corrected chi connectivity index (χ0v) is 7.43. The van der Waals surface area contributed by atoms with Crippen molar-refractivity contribution in [1.82, 2.24) is 9.97 Å². The molecule has 0 aromatic carbocycles. The number of hydrogen-bond acceptors (Lipinski definition) is 1. The number of hydrogen-bond donors (Lipinski definition) is 1. The highest BCUT2D eigenvalue weighted by Crippen LogP contribution is 2.26. The van der Waals surface area contributed by atoms with E-state index in [1.54, 1.807) is 6.20 Å². The van der Waals surface area contributed by atoms with E-state index < -0.39 is 0 Å². The summed E-state index contributed by atoms with van der Waals surface area (Å²) in [6, 6.07) is 4.99. The minimum absolute atomic E-state index is 1.15. The average Bonchev–Trinajstić information content (AvgIpc) is 2.56. The average molecular weight is 171 g/mol. The largest absolute Gasteiger partial charge is 0.357 e. The summed E-state index contributed by atoms with van der Waals surface area (Å²) in [5.74, 6) is 0. The van der Waals surface area contributed by atoms with Crippen LogP contribution in [0.3, 0.4) is 0 Å². The molecule has 0 saturated heterocycles. The third-order valence-electron chi connectivity index (χ3n) is 2.79. The summed E-state index contributed by atoms with van der Waals surface area (Å²) in [5.41, 5.74) is 5.14. The van der Waals surface area contributed by atoms with Crippen molar-refractivity contribution >= 4 is 11.0 Å². The van der Waals surface area contributed by atoms with Crippen molar-refractivity contribution in [3.05, 3.63) is 29.6 Å². The molecule has 1 aliphatic rings. The third kappa shape index (κ3) is 0.981. The number of nitrogens with one attached hydrogen (secondary N) is 1. The van der Waals surface area contributed by atoms with E-state index in [1.807, 2.05) is 6.07 Å². The summed E-state index contributed by atoms with van der Waals surface area (Å²) in [7, 11) is 0. The molecule has 1 aliphatic carbocycles. The molecule has 2 aromatic heterocycles. The summed E-state index contributed by atoms with van der Waals surface area (Å²) in [6.07, 6.45) is 6.74. The van der Waals surface area contributed by atoms with Crippen molar-refractivity contribution in [3.63, 3.8) is 0 Å². The fourth-order valence-corrected chi connectivity index (χ4v) is 2.16. The van der Waals surface area contributed by atoms with Gasteiger partial charge in [-0.05, 0) is 37.3 Å². The Hall–Kier alpha value is -1.31. The molecular formula is C11H11N2. The van der Waals surface area contributed by atoms with Crippen LogP contribution in [-0.4, -0.2) is 9.97 Å². The van der Waals surface area contributed by atoms with E-state index in [0.29, 0.717) is 0 Å². The molecule has 0 unspecified atom stereocenters. The van der Waals surface area contributed by atoms with Crippen molar-refractivity contribution < 1.29 is 0 Å². The molecule has 0 aliphatic heterocycles. The van der Waals surface area contributed by atoms with Gasteiger partial charge in [-0.3, -0.25) is 4.98 Å². The maximum atomic E-state index is 4.37. The summed E-state index contributed by atoms with van der Waals surface area (Å²) in [4.78, 5) is 7.79. The fourth-order valence-electron chi connectivity index (χ4n) is 2.16. The molecule has 0 atom stereocenters. The lowest BCUT2D eigenvalue weighted by Gasteiger charge is -2.09. The molecule has 0 amide bonds. The highest BCUT2D eigenvalue weighted by Gasteiger charge is 2.15. The molecule has 65 valence electrons. The number of nitrogens with zero attached hydrogens (tertiary/aromatic N) is 1. The van der Waals surface area contributed by atoms with Crippen molar-refractivity contribution in [2.75, 3.05) is 0 Å². The summed E-state index contributed by atoms with van der Waals surface area (Å²) < 4.78 is 0. The number of H-pyrrole nitrogens is 1. The molecule has 13 heavy (non-hydrogen) atoms. The first kappa shape index (κ1) is 7.13. The predicted molar refractivity (Wildman–Crippen MR) is 51.6 cm³/mol. The van der Waals surface area contributed by atoms with Gasteiger partial charge in [-0.15, -0.1) is 0 Å². The molecule has 2 heterocycles. The second kappa shape index (κ2) is 2.59. The van der Waals surface area contributed by atoms with Crippen LogP contribution >= 0.6 is 0 Å². The van der Waals surface area contributed by atoms with E-state index in [4.69, 9.17) is 0 Å². The van der Waals surface area contributed by atoms with Gasteiger partial charge in [0.15, 0.2) is 0 Å². The molecule has 2 aromatic rings. The van der Waals surface area contributed by atoms with Gasteiger partial charge in [-0.25, -0.2) is 0 Å². The van der Waals surface area contributed by atoms with E-state index in [2.05, 4.69) is 16.0 Å². The van der Waals surface area contributed by atoms with E-state index >= 15 is 0 Å². The Labute approximate surface area is 77.0 Å². The van der Waals surface area contributed by atoms with Crippen LogP contribution in [0.5, 0.6) is 0 Å². The zero-order chi connectivity index (χ0) is 8.67. The third-order valence-corrected chi connectivity index (χ3v) is 2.79. The van der Waals surface area contributed by atoms with Gasteiger partial charge in [0.1, 0.15) is 0 Å². The van der Waals surface area contributed by atoms with Crippen LogP contribution in [0.25, 0.3) is 11.0 Å². The van der Waals surface area contributed by atoms with Gasteiger partial charge in [0.05, 0.1) is 11.0 Å². The molecule has 0 bridgehead atoms. The molecule has 1 N–H and O–H groups in total. The van der Waals surface area contributed by atoms with Crippen LogP contribution < -0.4 is 0 Å². The van der Waals surface area contributed by atoms with Crippen molar-refractivity contribution in [3.8, 4) is 0 Å². The van der Waals surface area contributed by atoms with E-state index in [1.165, 1.54) is 36.9 Å². The standard InChI is InChI=1S/C11H11N2/c1-2-5-9-8(4-1)11-10(13-9)6-3-7-12-11/h6-7,13H,1-2,4-5H2. The lowest BCUT2D eigenvalue weighted by Crippen LogP contribution is -2.00. The Kier molecular flexibility index (Phi) is 1.42. The first-order chi connectivity index (χ1) is 6.45. The molecule has 0 saturated carbocycles. The van der Waals surface area contributed by atoms with Crippen molar-refractivity contribution in [2.45, 2.75) is 25.7 Å². The number of aryl methyl sites for hydroxylation is 2. The normalized spacial score (nSPS) is 16.0. The Balaban J connectivity index is 2.34. The van der Waals surface area contributed by atoms with Crippen LogP contribution in [0.15, 0.2) is 12.3 Å². The molecule has 0 fully saturated rings. The number of fused-ring (bicyclic) bond motifs is 3. The van der Waals surface area contributed by atoms with Crippen LogP contribution in [0.1, 0.15) is 24.1 Å². The second-order valence-corrected chi connectivity index (χ2v) is 3.62. The van der Waals surface area contributed by atoms with Gasteiger partial charge in [0, 0.05) is 18.0 Å². The molecule has 1 radical (unpaired) electrons. The number of rotatable bonds is 0. The van der Waals surface area contributed by atoms with Gasteiger partial charge in [0.2, 0.25) is 0 Å². The SMILES string of the molecule is [c]1cnc2c3c([nH]c2c1)CCCC3. The first-order valence-electron chi connectivity index (χ1n) is 4.80. The van der Waals surface area contributed by atoms with Crippen LogP contribution in [0.2, 0.25) is 0 Å². The van der Waals surface area contributed by atoms with Crippen molar-refractivity contribution in [1.29, 1.82) is 0 Å². The number of pyridine rings is 1. The van der Waals surface area contributed by atoms with Gasteiger partial charge in [-0.2, -0.15) is 0 Å². The van der Waals surface area contributed by atoms with E-state index in [9.17, 15) is 0 Å². The topological polar surface area (TPSA) is 28.7 Å². The minimum atomic E-state index is 1.15. The molecule has 0 spiro atoms. The van der Waals surface area contributed by atoms with Crippen LogP contribution in [0.4, 0.5) is 0 Å². The lowest BCUT2D eigenvalue weighted by atomic mass is 9.97. The summed E-state index contributed by atoms with van der Waals surface area (Å²) in [6.45, 7) is 0. The Bertz CT molecular complexity index is 442. The number of aromatic amines is 1. The molecular weight excluding hydrogens is 160 g/mol. The molecule has 2 nitrogen and oxygen atoms in total. The Morgan fingerprint density at radius 3 is 3.23 bits per heavy atom. The van der Waals surface area contributed by atoms with Crippen molar-refractivity contribution in [2.24, 2.45) is 0 Å². The molecule has 2 heteroatoms. The van der Waals surface area contributed by atoms with Gasteiger partial charge >= 0.3 is 0 Å². The van der Waals surface area contributed by atoms with Gasteiger partial charge < -0.3 is 4.98 Å². The second-order valence-electron chi connectivity index (χ2n) is 3.62. The summed E-state index contributed by atoms with van der Waals surface area (Å²) in [5, 5.41) is 0. The maximum absolute atomic E-state index is 4.37. The lowest BCUT2D eigenvalue weighted by molar-refractivity contribution is 0.679. The quantitative estimate of drug-likeness (QED) is 0.647.